The third-order valence-electron chi connectivity index (χ3n) is 4.37. The van der Waals surface area contributed by atoms with Crippen molar-refractivity contribution in [3.05, 3.63) is 64.3 Å². The van der Waals surface area contributed by atoms with Gasteiger partial charge in [0.2, 0.25) is 0 Å². The fraction of sp³-hybridized carbons (Fsp3) is 0.200. The molecule has 3 aromatic rings. The lowest BCUT2D eigenvalue weighted by Gasteiger charge is -2.08. The maximum atomic E-state index is 13.1. The molecule has 0 amide bonds. The van der Waals surface area contributed by atoms with Crippen LogP contribution < -0.4 is 4.74 Å². The number of carbonyl (C=O) groups is 2. The fourth-order valence-electron chi connectivity index (χ4n) is 3.05. The molecule has 0 saturated carbocycles. The largest absolute Gasteiger partial charge is 0.497 e. The normalized spacial score (nSPS) is 10.8. The van der Waals surface area contributed by atoms with Gasteiger partial charge in [-0.25, -0.2) is 0 Å². The molecule has 0 spiro atoms. The van der Waals surface area contributed by atoms with E-state index >= 15 is 0 Å². The zero-order chi connectivity index (χ0) is 19.6. The van der Waals surface area contributed by atoms with Crippen molar-refractivity contribution in [1.82, 2.24) is 4.57 Å². The molecule has 2 aromatic carbocycles. The van der Waals surface area contributed by atoms with Crippen LogP contribution in [0.5, 0.6) is 5.75 Å². The van der Waals surface area contributed by atoms with Gasteiger partial charge < -0.3 is 9.47 Å². The summed E-state index contributed by atoms with van der Waals surface area (Å²) in [5.74, 6) is -0.0456. The average Bonchev–Trinajstić information content (AvgIpc) is 2.93. The number of methoxy groups -OCH3 is 1. The Bertz CT molecular complexity index is 1010. The molecule has 1 aromatic heterocycles. The second-order valence-corrected chi connectivity index (χ2v) is 6.55. The van der Waals surface area contributed by atoms with E-state index in [1.807, 2.05) is 0 Å². The van der Waals surface area contributed by atoms with E-state index in [1.54, 1.807) is 61.1 Å². The summed E-state index contributed by atoms with van der Waals surface area (Å²) in [6.07, 6.45) is 0.00309. The molecule has 0 N–H and O–H groups in total. The maximum absolute atomic E-state index is 13.1. The van der Waals surface area contributed by atoms with Gasteiger partial charge in [0.15, 0.2) is 6.07 Å². The number of fused-ring (bicyclic) bond motifs is 1. The highest BCUT2D eigenvalue weighted by molar-refractivity contribution is 6.30. The third-order valence-corrected chi connectivity index (χ3v) is 4.73. The molecule has 0 aliphatic carbocycles. The Morgan fingerprint density at radius 3 is 2.44 bits per heavy atom. The molecule has 7 heteroatoms. The van der Waals surface area contributed by atoms with Crippen LogP contribution in [0.4, 0.5) is 0 Å². The number of aromatic nitrogens is 1. The lowest BCUT2D eigenvalue weighted by atomic mass is 10.1. The fourth-order valence-corrected chi connectivity index (χ4v) is 3.30. The van der Waals surface area contributed by atoms with Gasteiger partial charge in [-0.05, 0) is 55.0 Å². The van der Waals surface area contributed by atoms with Gasteiger partial charge in [0.1, 0.15) is 5.75 Å². The average molecular weight is 406 g/mol. The van der Waals surface area contributed by atoms with Crippen molar-refractivity contribution in [2.45, 2.75) is 13.3 Å². The number of carbonyl (C=O) groups excluding carboxylic acids is 2. The van der Waals surface area contributed by atoms with Crippen LogP contribution in [0.2, 0.25) is 5.02 Å². The Balaban J connectivity index is 2.17. The number of alkyl halides is 1. The van der Waals surface area contributed by atoms with Crippen LogP contribution in [0.3, 0.4) is 0 Å². The van der Waals surface area contributed by atoms with Crippen molar-refractivity contribution in [2.75, 3.05) is 13.2 Å². The highest BCUT2D eigenvalue weighted by Gasteiger charge is 2.22. The molecular weight excluding hydrogens is 389 g/mol. The summed E-state index contributed by atoms with van der Waals surface area (Å²) in [5, 5.41) is 1.30. The molecule has 1 heterocycles. The Morgan fingerprint density at radius 1 is 1.11 bits per heavy atom. The first-order valence-electron chi connectivity index (χ1n) is 8.16. The summed E-state index contributed by atoms with van der Waals surface area (Å²) in [7, 11) is 1.56. The summed E-state index contributed by atoms with van der Waals surface area (Å²) >= 11 is 11.4. The van der Waals surface area contributed by atoms with E-state index in [4.69, 9.17) is 32.7 Å². The van der Waals surface area contributed by atoms with E-state index in [1.165, 1.54) is 0 Å². The van der Waals surface area contributed by atoms with Gasteiger partial charge in [0.05, 0.1) is 19.0 Å². The molecule has 0 fully saturated rings. The Hall–Kier alpha value is -2.50. The first-order valence-corrected chi connectivity index (χ1v) is 9.07. The molecule has 0 saturated heterocycles. The van der Waals surface area contributed by atoms with Gasteiger partial charge in [-0.3, -0.25) is 14.2 Å². The number of hydrogen-bond donors (Lipinski definition) is 0. The molecule has 0 atom stereocenters. The molecule has 5 nitrogen and oxygen atoms in total. The minimum Gasteiger partial charge on any atom is -0.497 e. The van der Waals surface area contributed by atoms with Crippen LogP contribution in [0.15, 0.2) is 42.5 Å². The Kier molecular flexibility index (Phi) is 5.73. The van der Waals surface area contributed by atoms with E-state index in [9.17, 15) is 9.59 Å². The molecule has 3 rings (SSSR count). The monoisotopic (exact) mass is 405 g/mol. The second kappa shape index (κ2) is 8.03. The van der Waals surface area contributed by atoms with Crippen LogP contribution in [-0.4, -0.2) is 29.6 Å². The van der Waals surface area contributed by atoms with E-state index in [2.05, 4.69) is 0 Å². The second-order valence-electron chi connectivity index (χ2n) is 5.90. The topological polar surface area (TPSA) is 57.5 Å². The smallest absolute Gasteiger partial charge is 0.311 e. The number of benzene rings is 2. The summed E-state index contributed by atoms with van der Waals surface area (Å²) < 4.78 is 11.7. The minimum absolute atomic E-state index is 0.00309. The van der Waals surface area contributed by atoms with Gasteiger partial charge in [0.25, 0.3) is 5.91 Å². The van der Waals surface area contributed by atoms with Crippen LogP contribution in [0.1, 0.15) is 21.6 Å². The van der Waals surface area contributed by atoms with Crippen LogP contribution in [-0.2, 0) is 16.0 Å². The number of hydrogen-bond acceptors (Lipinski definition) is 4. The Morgan fingerprint density at radius 2 is 1.81 bits per heavy atom. The highest BCUT2D eigenvalue weighted by Crippen LogP contribution is 2.31. The molecule has 0 aliphatic rings. The molecule has 0 radical (unpaired) electrons. The van der Waals surface area contributed by atoms with Crippen LogP contribution in [0, 0.1) is 6.92 Å². The highest BCUT2D eigenvalue weighted by atomic mass is 35.5. The van der Waals surface area contributed by atoms with Crippen molar-refractivity contribution < 1.29 is 19.1 Å². The minimum atomic E-state index is -0.464. The van der Waals surface area contributed by atoms with Crippen molar-refractivity contribution in [3.8, 4) is 5.75 Å². The quantitative estimate of drug-likeness (QED) is 0.460. The Labute approximate surface area is 166 Å². The number of ether oxygens (including phenoxy) is 2. The number of rotatable bonds is 5. The van der Waals surface area contributed by atoms with Gasteiger partial charge in [-0.2, -0.15) is 0 Å². The number of esters is 1. The first-order chi connectivity index (χ1) is 13.0. The van der Waals surface area contributed by atoms with E-state index in [0.29, 0.717) is 33.1 Å². The van der Waals surface area contributed by atoms with Gasteiger partial charge in [-0.1, -0.05) is 23.2 Å². The van der Waals surface area contributed by atoms with Crippen molar-refractivity contribution in [1.29, 1.82) is 0 Å². The van der Waals surface area contributed by atoms with Crippen molar-refractivity contribution >= 4 is 46.0 Å². The van der Waals surface area contributed by atoms with Gasteiger partial charge in [0, 0.05) is 21.7 Å². The SMILES string of the molecule is COc1ccc2c(c1)c(CC(=O)OCCl)c(C)n2C(=O)c1ccc(Cl)cc1. The first kappa shape index (κ1) is 19.3. The predicted molar refractivity (Wildman–Crippen MR) is 105 cm³/mol. The number of nitrogens with zero attached hydrogens (tertiary/aromatic N) is 1. The summed E-state index contributed by atoms with van der Waals surface area (Å²) in [6.45, 7) is 1.80. The molecule has 0 unspecified atom stereocenters. The predicted octanol–water partition coefficient (Wildman–Crippen LogP) is 4.58. The summed E-state index contributed by atoms with van der Waals surface area (Å²) in [4.78, 5) is 25.1. The zero-order valence-electron chi connectivity index (χ0n) is 14.8. The molecule has 0 bridgehead atoms. The lowest BCUT2D eigenvalue weighted by molar-refractivity contribution is -0.140. The van der Waals surface area contributed by atoms with Crippen LogP contribution >= 0.6 is 23.2 Å². The van der Waals surface area contributed by atoms with Gasteiger partial charge >= 0.3 is 5.97 Å². The van der Waals surface area contributed by atoms with E-state index in [0.717, 1.165) is 5.39 Å². The van der Waals surface area contributed by atoms with Crippen molar-refractivity contribution in [2.24, 2.45) is 0 Å². The molecular formula is C20H17Cl2NO4. The van der Waals surface area contributed by atoms with Crippen molar-refractivity contribution in [3.63, 3.8) is 0 Å². The molecule has 27 heavy (non-hydrogen) atoms. The van der Waals surface area contributed by atoms with Crippen LogP contribution in [0.25, 0.3) is 10.9 Å². The standard InChI is InChI=1S/C20H17Cl2NO4/c1-12-16(10-19(24)27-11-21)17-9-15(26-2)7-8-18(17)23(12)20(25)13-3-5-14(22)6-4-13/h3-9H,10-11H2,1-2H3. The van der Waals surface area contributed by atoms with Gasteiger partial charge in [-0.15, -0.1) is 0 Å². The lowest BCUT2D eigenvalue weighted by Crippen LogP contribution is -2.14. The zero-order valence-corrected chi connectivity index (χ0v) is 16.3. The third kappa shape index (κ3) is 3.80. The summed E-state index contributed by atoms with van der Waals surface area (Å²) in [5.41, 5.74) is 2.53. The molecule has 0 aliphatic heterocycles. The maximum Gasteiger partial charge on any atom is 0.311 e. The van der Waals surface area contributed by atoms with E-state index < -0.39 is 5.97 Å². The summed E-state index contributed by atoms with van der Waals surface area (Å²) in [6, 6.07) is 11.8. The molecule has 140 valence electrons. The number of halogens is 2. The van der Waals surface area contributed by atoms with E-state index in [-0.39, 0.29) is 18.4 Å².